The smallest absolute Gasteiger partial charge is 0.266 e. The van der Waals surface area contributed by atoms with E-state index in [1.54, 1.807) is 31.4 Å². The number of nitrogens with zero attached hydrogens (tertiary/aromatic N) is 5. The predicted molar refractivity (Wildman–Crippen MR) is 184 cm³/mol. The van der Waals surface area contributed by atoms with Crippen LogP contribution in [0.5, 0.6) is 11.5 Å². The number of carbonyl (C=O) groups excluding carboxylic acids is 1. The summed E-state index contributed by atoms with van der Waals surface area (Å²) in [5.74, 6) is 1.05. The third-order valence-corrected chi connectivity index (χ3v) is 7.98. The van der Waals surface area contributed by atoms with Gasteiger partial charge < -0.3 is 24.2 Å². The third kappa shape index (κ3) is 7.87. The lowest BCUT2D eigenvalue weighted by molar-refractivity contribution is -0.130. The van der Waals surface area contributed by atoms with Crippen molar-refractivity contribution in [2.75, 3.05) is 39.3 Å². The monoisotopic (exact) mass is 649 g/mol. The lowest BCUT2D eigenvalue weighted by Gasteiger charge is -2.31. The standard InChI is InChI=1S/C36H39N7O5/c1-43(2)29-16-12-25(13-17-29)24-38-41-35(45)36(23-28-8-4-5-11-32(28)40-42-37)33(27-9-6-10-31(22-27)46-3)48-34(39-36)26-14-18-30(19-15-26)47-21-7-20-44/h4-6,8-19,22,33,38,44H,7,20-21,23-24H2,1-3H3,(H,41,45)/t33-,36-/m0/s1. The summed E-state index contributed by atoms with van der Waals surface area (Å²) in [6, 6.07) is 29.7. The number of ether oxygens (including phenoxy) is 3. The highest BCUT2D eigenvalue weighted by atomic mass is 16.5. The normalized spacial score (nSPS) is 16.7. The highest BCUT2D eigenvalue weighted by molar-refractivity contribution is 6.01. The Morgan fingerprint density at radius 3 is 2.52 bits per heavy atom. The van der Waals surface area contributed by atoms with Crippen molar-refractivity contribution in [1.82, 2.24) is 10.9 Å². The topological polar surface area (TPSA) is 153 Å². The number of aliphatic hydroxyl groups excluding tert-OH is 1. The molecule has 4 aromatic carbocycles. The Balaban J connectivity index is 1.54. The van der Waals surface area contributed by atoms with Crippen molar-refractivity contribution in [1.29, 1.82) is 0 Å². The van der Waals surface area contributed by atoms with Crippen LogP contribution in [0, 0.1) is 0 Å². The minimum Gasteiger partial charge on any atom is -0.497 e. The Bertz CT molecular complexity index is 1770. The number of hydrazine groups is 1. The zero-order valence-corrected chi connectivity index (χ0v) is 27.2. The SMILES string of the molecule is COc1cccc([C@@H]2OC(c3ccc(OCCCO)cc3)=N[C@]2(Cc2ccccc2N=[N+]=[N-])C(=O)NNCc2ccc(N(C)C)cc2)c1. The highest BCUT2D eigenvalue weighted by Crippen LogP contribution is 2.44. The van der Waals surface area contributed by atoms with Crippen LogP contribution in [0.4, 0.5) is 11.4 Å². The van der Waals surface area contributed by atoms with Crippen LogP contribution in [-0.4, -0.2) is 56.9 Å². The van der Waals surface area contributed by atoms with Crippen molar-refractivity contribution in [3.8, 4) is 11.5 Å². The quantitative estimate of drug-likeness (QED) is 0.0485. The van der Waals surface area contributed by atoms with Crippen molar-refractivity contribution < 1.29 is 24.1 Å². The van der Waals surface area contributed by atoms with E-state index in [1.807, 2.05) is 91.8 Å². The maximum atomic E-state index is 14.5. The Kier molecular flexibility index (Phi) is 11.1. The molecular weight excluding hydrogens is 610 g/mol. The first-order valence-corrected chi connectivity index (χ1v) is 15.5. The van der Waals surface area contributed by atoms with Crippen LogP contribution in [0.25, 0.3) is 10.4 Å². The number of carbonyl (C=O) groups is 1. The van der Waals surface area contributed by atoms with Crippen molar-refractivity contribution >= 4 is 23.2 Å². The van der Waals surface area contributed by atoms with Crippen LogP contribution >= 0.6 is 0 Å². The summed E-state index contributed by atoms with van der Waals surface area (Å²) in [5, 5.41) is 13.0. The van der Waals surface area contributed by atoms with Gasteiger partial charge in [-0.1, -0.05) is 53.6 Å². The van der Waals surface area contributed by atoms with Crippen LogP contribution < -0.4 is 25.2 Å². The molecule has 0 fully saturated rings. The Morgan fingerprint density at radius 1 is 1.04 bits per heavy atom. The molecule has 1 heterocycles. The molecule has 48 heavy (non-hydrogen) atoms. The number of hydrogen-bond donors (Lipinski definition) is 3. The zero-order chi connectivity index (χ0) is 33.9. The summed E-state index contributed by atoms with van der Waals surface area (Å²) in [5.41, 5.74) is 18.1. The summed E-state index contributed by atoms with van der Waals surface area (Å²) >= 11 is 0. The second-order valence-electron chi connectivity index (χ2n) is 11.4. The second kappa shape index (κ2) is 15.8. The van der Waals surface area contributed by atoms with Gasteiger partial charge in [0.25, 0.3) is 5.91 Å². The number of rotatable bonds is 15. The molecule has 248 valence electrons. The molecule has 0 radical (unpaired) electrons. The first-order chi connectivity index (χ1) is 23.4. The number of nitrogens with one attached hydrogen (secondary N) is 2. The van der Waals surface area contributed by atoms with Crippen LogP contribution in [0.2, 0.25) is 0 Å². The zero-order valence-electron chi connectivity index (χ0n) is 27.2. The van der Waals surface area contributed by atoms with Gasteiger partial charge in [-0.05, 0) is 70.8 Å². The van der Waals surface area contributed by atoms with Gasteiger partial charge in [0.1, 0.15) is 11.5 Å². The van der Waals surface area contributed by atoms with Crippen molar-refractivity contribution in [2.45, 2.75) is 31.0 Å². The van der Waals surface area contributed by atoms with Gasteiger partial charge in [-0.2, -0.15) is 0 Å². The van der Waals surface area contributed by atoms with Gasteiger partial charge in [-0.25, -0.2) is 10.4 Å². The van der Waals surface area contributed by atoms with E-state index in [9.17, 15) is 10.3 Å². The number of amides is 1. The molecule has 0 saturated carbocycles. The molecule has 0 saturated heterocycles. The lowest BCUT2D eigenvalue weighted by Crippen LogP contribution is -2.53. The molecule has 1 aliphatic rings. The van der Waals surface area contributed by atoms with Crippen LogP contribution in [0.1, 0.15) is 34.8 Å². The third-order valence-electron chi connectivity index (χ3n) is 7.98. The van der Waals surface area contributed by atoms with E-state index >= 15 is 0 Å². The lowest BCUT2D eigenvalue weighted by atomic mass is 9.81. The van der Waals surface area contributed by atoms with Crippen LogP contribution in [0.3, 0.4) is 0 Å². The van der Waals surface area contributed by atoms with E-state index < -0.39 is 17.6 Å². The second-order valence-corrected chi connectivity index (χ2v) is 11.4. The van der Waals surface area contributed by atoms with Crippen molar-refractivity contribution in [3.63, 3.8) is 0 Å². The summed E-state index contributed by atoms with van der Waals surface area (Å²) in [6.45, 7) is 0.786. The summed E-state index contributed by atoms with van der Waals surface area (Å²) in [4.78, 5) is 24.6. The average molecular weight is 650 g/mol. The Morgan fingerprint density at radius 2 is 1.81 bits per heavy atom. The predicted octanol–water partition coefficient (Wildman–Crippen LogP) is 5.78. The number of methoxy groups -OCH3 is 1. The molecular formula is C36H39N7O5. The highest BCUT2D eigenvalue weighted by Gasteiger charge is 2.53. The molecule has 12 heteroatoms. The molecule has 5 rings (SSSR count). The van der Waals surface area contributed by atoms with Crippen LogP contribution in [-0.2, 0) is 22.5 Å². The van der Waals surface area contributed by atoms with Gasteiger partial charge in [-0.15, -0.1) is 0 Å². The number of hydrogen-bond acceptors (Lipinski definition) is 9. The van der Waals surface area contributed by atoms with E-state index in [0.29, 0.717) is 53.4 Å². The number of aliphatic imine (C=N–C) groups is 1. The van der Waals surface area contributed by atoms with E-state index in [4.69, 9.17) is 24.3 Å². The van der Waals surface area contributed by atoms with Crippen LogP contribution in [0.15, 0.2) is 107 Å². The van der Waals surface area contributed by atoms with Gasteiger partial charge in [0, 0.05) is 61.9 Å². The molecule has 0 aliphatic carbocycles. The Hall–Kier alpha value is -5.55. The van der Waals surface area contributed by atoms with Gasteiger partial charge in [0.15, 0.2) is 11.6 Å². The molecule has 12 nitrogen and oxygen atoms in total. The Labute approximate surface area is 279 Å². The van der Waals surface area contributed by atoms with Gasteiger partial charge in [0.2, 0.25) is 5.90 Å². The molecule has 1 amide bonds. The minimum absolute atomic E-state index is 0.0406. The fourth-order valence-electron chi connectivity index (χ4n) is 5.43. The van der Waals surface area contributed by atoms with Gasteiger partial charge >= 0.3 is 0 Å². The van der Waals surface area contributed by atoms with Gasteiger partial charge in [-0.3, -0.25) is 10.2 Å². The molecule has 2 atom stereocenters. The molecule has 4 aromatic rings. The average Bonchev–Trinajstić information content (AvgIpc) is 3.50. The number of azide groups is 1. The fraction of sp³-hybridized carbons (Fsp3) is 0.278. The maximum Gasteiger partial charge on any atom is 0.266 e. The maximum absolute atomic E-state index is 14.5. The molecule has 0 spiro atoms. The molecule has 1 aliphatic heterocycles. The summed E-state index contributed by atoms with van der Waals surface area (Å²) in [6.07, 6.45) is -0.311. The van der Waals surface area contributed by atoms with Crippen molar-refractivity contribution in [3.05, 3.63) is 130 Å². The molecule has 0 unspecified atom stereocenters. The number of anilines is 1. The van der Waals surface area contributed by atoms with E-state index in [0.717, 1.165) is 11.3 Å². The molecule has 3 N–H and O–H groups in total. The van der Waals surface area contributed by atoms with E-state index in [2.05, 4.69) is 20.9 Å². The summed E-state index contributed by atoms with van der Waals surface area (Å²) < 4.78 is 17.8. The first-order valence-electron chi connectivity index (χ1n) is 15.5. The fourth-order valence-corrected chi connectivity index (χ4v) is 5.43. The number of aliphatic hydroxyl groups is 1. The summed E-state index contributed by atoms with van der Waals surface area (Å²) in [7, 11) is 5.53. The van der Waals surface area contributed by atoms with Crippen molar-refractivity contribution in [2.24, 2.45) is 10.1 Å². The van der Waals surface area contributed by atoms with Gasteiger partial charge in [0.05, 0.1) is 13.7 Å². The number of benzene rings is 4. The minimum atomic E-state index is -1.54. The molecule has 0 bridgehead atoms. The largest absolute Gasteiger partial charge is 0.497 e. The first kappa shape index (κ1) is 33.8. The van der Waals surface area contributed by atoms with E-state index in [-0.39, 0.29) is 18.9 Å². The van der Waals surface area contributed by atoms with E-state index in [1.165, 1.54) is 0 Å². The molecule has 0 aromatic heterocycles.